The van der Waals surface area contributed by atoms with E-state index in [1.54, 1.807) is 0 Å². The number of nitrogens with one attached hydrogen (secondary N) is 2. The lowest BCUT2D eigenvalue weighted by atomic mass is 9.76. The SMILES string of the molecule is CC1(CNCc2[nH]c3ccccc3c2Cl)CCCCC1. The molecule has 0 radical (unpaired) electrons. The Kier molecular flexibility index (Phi) is 4.04. The molecule has 2 aromatic rings. The second-order valence-corrected chi connectivity index (χ2v) is 6.82. The summed E-state index contributed by atoms with van der Waals surface area (Å²) in [4.78, 5) is 3.42. The van der Waals surface area contributed by atoms with Crippen LogP contribution < -0.4 is 5.32 Å². The molecule has 0 amide bonds. The van der Waals surface area contributed by atoms with E-state index >= 15 is 0 Å². The van der Waals surface area contributed by atoms with Crippen molar-refractivity contribution >= 4 is 22.5 Å². The van der Waals surface area contributed by atoms with E-state index in [0.717, 1.165) is 34.7 Å². The van der Waals surface area contributed by atoms with E-state index in [1.165, 1.54) is 32.1 Å². The van der Waals surface area contributed by atoms with Crippen LogP contribution in [0.3, 0.4) is 0 Å². The van der Waals surface area contributed by atoms with Gasteiger partial charge in [0.1, 0.15) is 0 Å². The summed E-state index contributed by atoms with van der Waals surface area (Å²) in [6, 6.07) is 8.21. The zero-order valence-electron chi connectivity index (χ0n) is 12.1. The Labute approximate surface area is 125 Å². The number of para-hydroxylation sites is 1. The van der Waals surface area contributed by atoms with Crippen molar-refractivity contribution in [1.82, 2.24) is 10.3 Å². The van der Waals surface area contributed by atoms with Crippen LogP contribution in [0.2, 0.25) is 5.02 Å². The van der Waals surface area contributed by atoms with Gasteiger partial charge in [0.05, 0.1) is 5.02 Å². The van der Waals surface area contributed by atoms with Gasteiger partial charge >= 0.3 is 0 Å². The third-order valence-electron chi connectivity index (χ3n) is 4.63. The Morgan fingerprint density at radius 3 is 2.70 bits per heavy atom. The molecule has 0 bridgehead atoms. The van der Waals surface area contributed by atoms with Crippen LogP contribution in [-0.2, 0) is 6.54 Å². The van der Waals surface area contributed by atoms with Gasteiger partial charge in [-0.05, 0) is 24.3 Å². The lowest BCUT2D eigenvalue weighted by molar-refractivity contribution is 0.207. The molecule has 1 aromatic carbocycles. The topological polar surface area (TPSA) is 27.8 Å². The molecule has 1 aliphatic rings. The second kappa shape index (κ2) is 5.79. The number of hydrogen-bond acceptors (Lipinski definition) is 1. The summed E-state index contributed by atoms with van der Waals surface area (Å²) < 4.78 is 0. The molecule has 3 rings (SSSR count). The van der Waals surface area contributed by atoms with Crippen LogP contribution in [0.5, 0.6) is 0 Å². The second-order valence-electron chi connectivity index (χ2n) is 6.44. The van der Waals surface area contributed by atoms with Crippen molar-refractivity contribution in [2.75, 3.05) is 6.54 Å². The molecule has 1 saturated carbocycles. The van der Waals surface area contributed by atoms with E-state index in [4.69, 9.17) is 11.6 Å². The van der Waals surface area contributed by atoms with Gasteiger partial charge in [-0.1, -0.05) is 56.0 Å². The van der Waals surface area contributed by atoms with Crippen molar-refractivity contribution in [3.63, 3.8) is 0 Å². The predicted molar refractivity (Wildman–Crippen MR) is 86.2 cm³/mol. The van der Waals surface area contributed by atoms with Crippen LogP contribution in [0.1, 0.15) is 44.7 Å². The molecule has 2 nitrogen and oxygen atoms in total. The van der Waals surface area contributed by atoms with Gasteiger partial charge in [-0.15, -0.1) is 0 Å². The molecule has 0 aliphatic heterocycles. The molecule has 0 saturated heterocycles. The summed E-state index contributed by atoms with van der Waals surface area (Å²) in [6.45, 7) is 4.31. The summed E-state index contributed by atoms with van der Waals surface area (Å²) in [5.74, 6) is 0. The fourth-order valence-corrected chi connectivity index (χ4v) is 3.64. The maximum absolute atomic E-state index is 6.44. The van der Waals surface area contributed by atoms with Gasteiger partial charge < -0.3 is 10.3 Å². The summed E-state index contributed by atoms with van der Waals surface area (Å²) in [5.41, 5.74) is 2.70. The van der Waals surface area contributed by atoms with Crippen molar-refractivity contribution in [2.24, 2.45) is 5.41 Å². The van der Waals surface area contributed by atoms with Crippen molar-refractivity contribution in [3.05, 3.63) is 35.0 Å². The van der Waals surface area contributed by atoms with E-state index in [1.807, 2.05) is 12.1 Å². The highest BCUT2D eigenvalue weighted by Crippen LogP contribution is 2.35. The largest absolute Gasteiger partial charge is 0.356 e. The standard InChI is InChI=1S/C17H23ClN2/c1-17(9-5-2-6-10-17)12-19-11-15-16(18)13-7-3-4-8-14(13)20-15/h3-4,7-8,19-20H,2,5-6,9-12H2,1H3. The predicted octanol–water partition coefficient (Wildman–Crippen LogP) is 4.88. The maximum Gasteiger partial charge on any atom is 0.0705 e. The number of fused-ring (bicyclic) bond motifs is 1. The van der Waals surface area contributed by atoms with E-state index in [-0.39, 0.29) is 0 Å². The van der Waals surface area contributed by atoms with Crippen LogP contribution in [0.4, 0.5) is 0 Å². The quantitative estimate of drug-likeness (QED) is 0.825. The average molecular weight is 291 g/mol. The first kappa shape index (κ1) is 14.0. The first-order chi connectivity index (χ1) is 9.68. The highest BCUT2D eigenvalue weighted by molar-refractivity contribution is 6.36. The number of H-pyrrole nitrogens is 1. The number of hydrogen-bond donors (Lipinski definition) is 2. The molecule has 1 aliphatic carbocycles. The first-order valence-electron chi connectivity index (χ1n) is 7.64. The van der Waals surface area contributed by atoms with Crippen LogP contribution in [-0.4, -0.2) is 11.5 Å². The molecule has 3 heteroatoms. The monoisotopic (exact) mass is 290 g/mol. The summed E-state index contributed by atoms with van der Waals surface area (Å²) in [6.07, 6.45) is 6.86. The molecule has 20 heavy (non-hydrogen) atoms. The summed E-state index contributed by atoms with van der Waals surface area (Å²) >= 11 is 6.44. The van der Waals surface area contributed by atoms with Crippen LogP contribution in [0.25, 0.3) is 10.9 Å². The highest BCUT2D eigenvalue weighted by atomic mass is 35.5. The zero-order chi connectivity index (χ0) is 14.0. The molecule has 108 valence electrons. The summed E-state index contributed by atoms with van der Waals surface area (Å²) in [7, 11) is 0. The van der Waals surface area contributed by atoms with Gasteiger partial charge in [0.15, 0.2) is 0 Å². The lowest BCUT2D eigenvalue weighted by Gasteiger charge is -2.33. The van der Waals surface area contributed by atoms with Gasteiger partial charge in [0.25, 0.3) is 0 Å². The van der Waals surface area contributed by atoms with Crippen LogP contribution >= 0.6 is 11.6 Å². The van der Waals surface area contributed by atoms with Crippen molar-refractivity contribution < 1.29 is 0 Å². The Morgan fingerprint density at radius 2 is 1.95 bits per heavy atom. The molecule has 1 fully saturated rings. The Hall–Kier alpha value is -0.990. The number of rotatable bonds is 4. The molecule has 0 atom stereocenters. The number of aromatic amines is 1. The first-order valence-corrected chi connectivity index (χ1v) is 8.02. The van der Waals surface area contributed by atoms with Crippen LogP contribution in [0, 0.1) is 5.41 Å². The van der Waals surface area contributed by atoms with E-state index in [0.29, 0.717) is 5.41 Å². The van der Waals surface area contributed by atoms with Crippen molar-refractivity contribution in [3.8, 4) is 0 Å². The minimum atomic E-state index is 0.469. The Bertz CT molecular complexity index is 582. The third kappa shape index (κ3) is 2.87. The van der Waals surface area contributed by atoms with Crippen molar-refractivity contribution in [2.45, 2.75) is 45.6 Å². The molecule has 1 aromatic heterocycles. The Morgan fingerprint density at radius 1 is 1.20 bits per heavy atom. The normalized spacial score (nSPS) is 18.5. The van der Waals surface area contributed by atoms with Gasteiger partial charge in [-0.25, -0.2) is 0 Å². The summed E-state index contributed by atoms with van der Waals surface area (Å²) in [5, 5.41) is 5.58. The average Bonchev–Trinajstić information content (AvgIpc) is 2.77. The van der Waals surface area contributed by atoms with E-state index in [9.17, 15) is 0 Å². The zero-order valence-corrected chi connectivity index (χ0v) is 12.9. The molecular weight excluding hydrogens is 268 g/mol. The molecule has 0 spiro atoms. The smallest absolute Gasteiger partial charge is 0.0705 e. The lowest BCUT2D eigenvalue weighted by Crippen LogP contribution is -2.33. The molecule has 1 heterocycles. The van der Waals surface area contributed by atoms with Gasteiger partial charge in [0.2, 0.25) is 0 Å². The van der Waals surface area contributed by atoms with E-state index < -0.39 is 0 Å². The third-order valence-corrected chi connectivity index (χ3v) is 5.06. The number of benzene rings is 1. The minimum Gasteiger partial charge on any atom is -0.356 e. The molecule has 2 N–H and O–H groups in total. The number of aromatic nitrogens is 1. The van der Waals surface area contributed by atoms with Gasteiger partial charge in [0, 0.05) is 29.7 Å². The fraction of sp³-hybridized carbons (Fsp3) is 0.529. The number of halogens is 1. The van der Waals surface area contributed by atoms with E-state index in [2.05, 4.69) is 29.4 Å². The van der Waals surface area contributed by atoms with Gasteiger partial charge in [-0.3, -0.25) is 0 Å². The fourth-order valence-electron chi connectivity index (χ4n) is 3.36. The molecule has 0 unspecified atom stereocenters. The van der Waals surface area contributed by atoms with Crippen molar-refractivity contribution in [1.29, 1.82) is 0 Å². The maximum atomic E-state index is 6.44. The Balaban J connectivity index is 1.63. The van der Waals surface area contributed by atoms with Gasteiger partial charge in [-0.2, -0.15) is 0 Å². The molecular formula is C17H23ClN2. The minimum absolute atomic E-state index is 0.469. The highest BCUT2D eigenvalue weighted by Gasteiger charge is 2.26. The van der Waals surface area contributed by atoms with Crippen LogP contribution in [0.15, 0.2) is 24.3 Å².